The van der Waals surface area contributed by atoms with E-state index in [0.717, 1.165) is 11.1 Å². The highest BCUT2D eigenvalue weighted by atomic mass is 16.5. The summed E-state index contributed by atoms with van der Waals surface area (Å²) in [6.45, 7) is 0.251. The van der Waals surface area contributed by atoms with Gasteiger partial charge >= 0.3 is 5.97 Å². The Morgan fingerprint density at radius 2 is 1.83 bits per heavy atom. The van der Waals surface area contributed by atoms with Gasteiger partial charge in [-0.15, -0.1) is 0 Å². The van der Waals surface area contributed by atoms with Gasteiger partial charge in [-0.25, -0.2) is 0 Å². The van der Waals surface area contributed by atoms with E-state index in [2.05, 4.69) is 0 Å². The fraction of sp³-hybridized carbons (Fsp3) is 0.174. The first kappa shape index (κ1) is 18.7. The summed E-state index contributed by atoms with van der Waals surface area (Å²) in [5, 5.41) is 9.02. The lowest BCUT2D eigenvalue weighted by Gasteiger charge is -2.40. The van der Waals surface area contributed by atoms with Crippen molar-refractivity contribution >= 4 is 17.7 Å². The van der Waals surface area contributed by atoms with E-state index in [1.165, 1.54) is 0 Å². The molecule has 2 aliphatic heterocycles. The van der Waals surface area contributed by atoms with Crippen LogP contribution in [0.3, 0.4) is 0 Å². The van der Waals surface area contributed by atoms with E-state index in [4.69, 9.17) is 14.8 Å². The number of benzene rings is 2. The number of hydrogen-bond acceptors (Lipinski definition) is 4. The van der Waals surface area contributed by atoms with Crippen LogP contribution >= 0.6 is 0 Å². The SMILES string of the molecule is COC1=CC2=NCC(c3ccccc3)(c3ccc(CC(=O)O)cc3)C(=O)N2C=C1. The van der Waals surface area contributed by atoms with Crippen molar-refractivity contribution in [3.05, 3.63) is 95.4 Å². The maximum absolute atomic E-state index is 13.8. The maximum Gasteiger partial charge on any atom is 0.307 e. The number of aliphatic carboxylic acids is 1. The number of amides is 1. The fourth-order valence-corrected chi connectivity index (χ4v) is 3.76. The number of aliphatic imine (C=N–C) groups is 1. The standard InChI is InChI=1S/C23H20N2O4/c1-29-19-11-12-25-20(14-19)24-15-23(22(25)28,17-5-3-2-4-6-17)18-9-7-16(8-10-18)13-21(26)27/h2-12,14H,13,15H2,1H3,(H,26,27). The highest BCUT2D eigenvalue weighted by Gasteiger charge is 2.48. The number of carbonyl (C=O) groups excluding carboxylic acids is 1. The van der Waals surface area contributed by atoms with Gasteiger partial charge < -0.3 is 9.84 Å². The largest absolute Gasteiger partial charge is 0.497 e. The summed E-state index contributed by atoms with van der Waals surface area (Å²) in [4.78, 5) is 31.0. The summed E-state index contributed by atoms with van der Waals surface area (Å²) in [5.41, 5.74) is 1.31. The van der Waals surface area contributed by atoms with E-state index in [1.54, 1.807) is 42.5 Å². The Morgan fingerprint density at radius 1 is 1.14 bits per heavy atom. The molecule has 146 valence electrons. The Labute approximate surface area is 168 Å². The smallest absolute Gasteiger partial charge is 0.307 e. The van der Waals surface area contributed by atoms with Crippen LogP contribution in [-0.2, 0) is 26.2 Å². The van der Waals surface area contributed by atoms with Crippen LogP contribution in [0.4, 0.5) is 0 Å². The van der Waals surface area contributed by atoms with Gasteiger partial charge in [0.05, 0.1) is 20.1 Å². The summed E-state index contributed by atoms with van der Waals surface area (Å²) >= 11 is 0. The van der Waals surface area contributed by atoms with Gasteiger partial charge in [-0.1, -0.05) is 54.6 Å². The minimum atomic E-state index is -0.991. The van der Waals surface area contributed by atoms with Crippen LogP contribution in [0.2, 0.25) is 0 Å². The van der Waals surface area contributed by atoms with Crippen LogP contribution in [0.15, 0.2) is 83.7 Å². The minimum Gasteiger partial charge on any atom is -0.497 e. The summed E-state index contributed by atoms with van der Waals surface area (Å²) in [6, 6.07) is 16.7. The van der Waals surface area contributed by atoms with Crippen molar-refractivity contribution in [3.8, 4) is 0 Å². The molecule has 1 N–H and O–H groups in total. The van der Waals surface area contributed by atoms with Crippen LogP contribution in [0.25, 0.3) is 0 Å². The molecule has 0 bridgehead atoms. The monoisotopic (exact) mass is 388 g/mol. The van der Waals surface area contributed by atoms with Gasteiger partial charge in [0.2, 0.25) is 5.91 Å². The predicted molar refractivity (Wildman–Crippen MR) is 108 cm³/mol. The van der Waals surface area contributed by atoms with E-state index in [-0.39, 0.29) is 18.9 Å². The molecule has 2 heterocycles. The topological polar surface area (TPSA) is 79.2 Å². The van der Waals surface area contributed by atoms with E-state index < -0.39 is 11.4 Å². The number of methoxy groups -OCH3 is 1. The van der Waals surface area contributed by atoms with Gasteiger partial charge in [0.25, 0.3) is 0 Å². The Kier molecular flexibility index (Phi) is 4.76. The van der Waals surface area contributed by atoms with E-state index in [0.29, 0.717) is 17.2 Å². The third-order valence-electron chi connectivity index (χ3n) is 5.27. The fourth-order valence-electron chi connectivity index (χ4n) is 3.76. The van der Waals surface area contributed by atoms with E-state index >= 15 is 0 Å². The number of allylic oxidation sites excluding steroid dienone is 1. The Morgan fingerprint density at radius 3 is 2.48 bits per heavy atom. The quantitative estimate of drug-likeness (QED) is 0.854. The predicted octanol–water partition coefficient (Wildman–Crippen LogP) is 2.90. The second kappa shape index (κ2) is 7.39. The lowest BCUT2D eigenvalue weighted by atomic mass is 9.72. The number of rotatable bonds is 5. The first-order valence-electron chi connectivity index (χ1n) is 9.23. The zero-order valence-corrected chi connectivity index (χ0v) is 15.9. The highest BCUT2D eigenvalue weighted by molar-refractivity contribution is 6.12. The van der Waals surface area contributed by atoms with Crippen molar-refractivity contribution in [2.45, 2.75) is 11.8 Å². The van der Waals surface area contributed by atoms with Gasteiger partial charge in [0, 0.05) is 12.3 Å². The Hall–Kier alpha value is -3.67. The molecule has 2 aromatic carbocycles. The van der Waals surface area contributed by atoms with Crippen LogP contribution in [0.1, 0.15) is 16.7 Å². The number of carbonyl (C=O) groups is 2. The second-order valence-corrected chi connectivity index (χ2v) is 6.95. The zero-order valence-electron chi connectivity index (χ0n) is 15.9. The molecule has 2 aromatic rings. The molecule has 0 aliphatic carbocycles. The molecular weight excluding hydrogens is 368 g/mol. The molecule has 0 aromatic heterocycles. The number of hydrogen-bond donors (Lipinski definition) is 1. The third-order valence-corrected chi connectivity index (χ3v) is 5.27. The molecular formula is C23H20N2O4. The van der Waals surface area contributed by atoms with Crippen LogP contribution < -0.4 is 0 Å². The summed E-state index contributed by atoms with van der Waals surface area (Å²) in [7, 11) is 1.57. The molecule has 6 nitrogen and oxygen atoms in total. The molecule has 1 amide bonds. The van der Waals surface area contributed by atoms with Gasteiger partial charge in [0.1, 0.15) is 17.0 Å². The van der Waals surface area contributed by atoms with Gasteiger partial charge in [0.15, 0.2) is 0 Å². The van der Waals surface area contributed by atoms with Crippen LogP contribution in [-0.4, -0.2) is 41.4 Å². The van der Waals surface area contributed by atoms with E-state index in [1.807, 2.05) is 42.5 Å². The number of ether oxygens (including phenoxy) is 1. The molecule has 0 fully saturated rings. The molecule has 0 saturated heterocycles. The number of carboxylic acid groups (broad SMARTS) is 1. The molecule has 2 aliphatic rings. The first-order valence-corrected chi connectivity index (χ1v) is 9.23. The minimum absolute atomic E-state index is 0.0612. The van der Waals surface area contributed by atoms with Crippen molar-refractivity contribution < 1.29 is 19.4 Å². The molecule has 1 unspecified atom stereocenters. The third kappa shape index (κ3) is 3.23. The number of carboxylic acids is 1. The lowest BCUT2D eigenvalue weighted by Crippen LogP contribution is -2.53. The summed E-state index contributed by atoms with van der Waals surface area (Å²) < 4.78 is 5.25. The van der Waals surface area contributed by atoms with Crippen molar-refractivity contribution in [2.24, 2.45) is 4.99 Å². The lowest BCUT2D eigenvalue weighted by molar-refractivity contribution is -0.136. The number of fused-ring (bicyclic) bond motifs is 1. The van der Waals surface area contributed by atoms with Crippen molar-refractivity contribution in [1.29, 1.82) is 0 Å². The number of amidine groups is 1. The molecule has 4 rings (SSSR count). The molecule has 0 saturated carbocycles. The van der Waals surface area contributed by atoms with Crippen molar-refractivity contribution in [3.63, 3.8) is 0 Å². The van der Waals surface area contributed by atoms with Crippen LogP contribution in [0, 0.1) is 0 Å². The average Bonchev–Trinajstić information content (AvgIpc) is 2.75. The van der Waals surface area contributed by atoms with Gasteiger partial charge in [-0.3, -0.25) is 19.5 Å². The van der Waals surface area contributed by atoms with Gasteiger partial charge in [-0.05, 0) is 22.8 Å². The number of nitrogens with zero attached hydrogens (tertiary/aromatic N) is 2. The highest BCUT2D eigenvalue weighted by Crippen LogP contribution is 2.38. The molecule has 0 spiro atoms. The van der Waals surface area contributed by atoms with Crippen molar-refractivity contribution in [1.82, 2.24) is 4.90 Å². The molecule has 1 atom stereocenters. The van der Waals surface area contributed by atoms with E-state index in [9.17, 15) is 9.59 Å². The second-order valence-electron chi connectivity index (χ2n) is 6.95. The zero-order chi connectivity index (χ0) is 20.4. The summed E-state index contributed by atoms with van der Waals surface area (Å²) in [6.07, 6.45) is 5.08. The first-order chi connectivity index (χ1) is 14.0. The van der Waals surface area contributed by atoms with Crippen molar-refractivity contribution in [2.75, 3.05) is 13.7 Å². The average molecular weight is 388 g/mol. The Bertz CT molecular complexity index is 1040. The molecule has 6 heteroatoms. The normalized spacial score (nSPS) is 20.6. The van der Waals surface area contributed by atoms with Gasteiger partial charge in [-0.2, -0.15) is 0 Å². The van der Waals surface area contributed by atoms with Crippen LogP contribution in [0.5, 0.6) is 0 Å². The summed E-state index contributed by atoms with van der Waals surface area (Å²) in [5.74, 6) is 0.182. The molecule has 29 heavy (non-hydrogen) atoms. The maximum atomic E-state index is 13.8. The molecule has 0 radical (unpaired) electrons. The Balaban J connectivity index is 1.83.